The Balaban J connectivity index is 2.60. The monoisotopic (exact) mass is 249 g/mol. The SMILES string of the molecule is COc1cc2c(c(OC)c1OC)C=CN(C=O)C2. The highest BCUT2D eigenvalue weighted by molar-refractivity contribution is 5.72. The van der Waals surface area contributed by atoms with Crippen LogP contribution < -0.4 is 14.2 Å². The van der Waals surface area contributed by atoms with E-state index in [1.165, 1.54) is 0 Å². The number of ether oxygens (including phenoxy) is 3. The zero-order valence-electron chi connectivity index (χ0n) is 10.6. The molecule has 1 amide bonds. The lowest BCUT2D eigenvalue weighted by molar-refractivity contribution is -0.116. The molecule has 0 bridgehead atoms. The Morgan fingerprint density at radius 3 is 2.44 bits per heavy atom. The van der Waals surface area contributed by atoms with Gasteiger partial charge >= 0.3 is 0 Å². The number of carbonyl (C=O) groups is 1. The van der Waals surface area contributed by atoms with E-state index in [-0.39, 0.29) is 0 Å². The highest BCUT2D eigenvalue weighted by atomic mass is 16.5. The minimum Gasteiger partial charge on any atom is -0.493 e. The first kappa shape index (κ1) is 12.3. The van der Waals surface area contributed by atoms with Gasteiger partial charge in [-0.15, -0.1) is 0 Å². The maximum Gasteiger partial charge on any atom is 0.213 e. The summed E-state index contributed by atoms with van der Waals surface area (Å²) in [5, 5.41) is 0. The third kappa shape index (κ3) is 1.88. The van der Waals surface area contributed by atoms with E-state index >= 15 is 0 Å². The summed E-state index contributed by atoms with van der Waals surface area (Å²) in [6.45, 7) is 0.492. The van der Waals surface area contributed by atoms with Gasteiger partial charge in [-0.2, -0.15) is 0 Å². The van der Waals surface area contributed by atoms with Crippen molar-refractivity contribution in [3.8, 4) is 17.2 Å². The fourth-order valence-electron chi connectivity index (χ4n) is 2.03. The van der Waals surface area contributed by atoms with Crippen molar-refractivity contribution in [1.82, 2.24) is 4.90 Å². The second kappa shape index (κ2) is 5.00. The van der Waals surface area contributed by atoms with E-state index in [4.69, 9.17) is 14.2 Å². The zero-order valence-corrected chi connectivity index (χ0v) is 10.6. The maximum absolute atomic E-state index is 10.8. The first-order chi connectivity index (χ1) is 8.74. The minimum absolute atomic E-state index is 0.492. The molecule has 0 unspecified atom stereocenters. The second-order valence-electron chi connectivity index (χ2n) is 3.81. The summed E-state index contributed by atoms with van der Waals surface area (Å²) in [4.78, 5) is 12.3. The molecule has 2 rings (SSSR count). The fraction of sp³-hybridized carbons (Fsp3) is 0.308. The lowest BCUT2D eigenvalue weighted by Gasteiger charge is -2.23. The van der Waals surface area contributed by atoms with E-state index < -0.39 is 0 Å². The fourth-order valence-corrected chi connectivity index (χ4v) is 2.03. The number of carbonyl (C=O) groups excluding carboxylic acids is 1. The van der Waals surface area contributed by atoms with E-state index in [9.17, 15) is 4.79 Å². The van der Waals surface area contributed by atoms with Crippen molar-refractivity contribution in [3.63, 3.8) is 0 Å². The molecule has 0 saturated carbocycles. The Hall–Kier alpha value is -2.17. The summed E-state index contributed by atoms with van der Waals surface area (Å²) < 4.78 is 16.0. The van der Waals surface area contributed by atoms with Crippen molar-refractivity contribution < 1.29 is 19.0 Å². The lowest BCUT2D eigenvalue weighted by atomic mass is 10.0. The molecule has 1 aliphatic heterocycles. The Morgan fingerprint density at radius 2 is 1.89 bits per heavy atom. The predicted molar refractivity (Wildman–Crippen MR) is 66.7 cm³/mol. The lowest BCUT2D eigenvalue weighted by Crippen LogP contribution is -2.18. The van der Waals surface area contributed by atoms with Gasteiger partial charge in [-0.3, -0.25) is 4.79 Å². The van der Waals surface area contributed by atoms with Crippen molar-refractivity contribution >= 4 is 12.5 Å². The van der Waals surface area contributed by atoms with Crippen LogP contribution in [0.4, 0.5) is 0 Å². The highest BCUT2D eigenvalue weighted by Gasteiger charge is 2.22. The van der Waals surface area contributed by atoms with Crippen molar-refractivity contribution in [3.05, 3.63) is 23.4 Å². The van der Waals surface area contributed by atoms with Gasteiger partial charge < -0.3 is 19.1 Å². The molecule has 5 heteroatoms. The van der Waals surface area contributed by atoms with Crippen molar-refractivity contribution in [2.75, 3.05) is 21.3 Å². The summed E-state index contributed by atoms with van der Waals surface area (Å²) in [5.74, 6) is 1.77. The molecule has 1 aromatic rings. The molecule has 1 aromatic carbocycles. The molecule has 1 heterocycles. The first-order valence-corrected chi connectivity index (χ1v) is 5.46. The normalized spacial score (nSPS) is 12.9. The number of hydrogen-bond acceptors (Lipinski definition) is 4. The Labute approximate surface area is 106 Å². The van der Waals surface area contributed by atoms with Crippen molar-refractivity contribution in [2.24, 2.45) is 0 Å². The van der Waals surface area contributed by atoms with Gasteiger partial charge in [-0.05, 0) is 17.7 Å². The van der Waals surface area contributed by atoms with Crippen molar-refractivity contribution in [1.29, 1.82) is 0 Å². The molecule has 0 fully saturated rings. The number of benzene rings is 1. The largest absolute Gasteiger partial charge is 0.493 e. The zero-order chi connectivity index (χ0) is 13.1. The van der Waals surface area contributed by atoms with Gasteiger partial charge in [-0.1, -0.05) is 0 Å². The molecule has 0 aromatic heterocycles. The minimum atomic E-state index is 0.492. The summed E-state index contributed by atoms with van der Waals surface area (Å²) >= 11 is 0. The average Bonchev–Trinajstić information content (AvgIpc) is 2.44. The molecule has 5 nitrogen and oxygen atoms in total. The van der Waals surface area contributed by atoms with E-state index in [0.717, 1.165) is 17.5 Å². The van der Waals surface area contributed by atoms with E-state index in [1.54, 1.807) is 32.4 Å². The van der Waals surface area contributed by atoms with Crippen LogP contribution in [0.1, 0.15) is 11.1 Å². The third-order valence-electron chi connectivity index (χ3n) is 2.88. The molecule has 1 aliphatic rings. The van der Waals surface area contributed by atoms with Crippen molar-refractivity contribution in [2.45, 2.75) is 6.54 Å². The smallest absolute Gasteiger partial charge is 0.213 e. The van der Waals surface area contributed by atoms with Gasteiger partial charge in [0.15, 0.2) is 11.5 Å². The molecule has 18 heavy (non-hydrogen) atoms. The van der Waals surface area contributed by atoms with Crippen LogP contribution in [0.3, 0.4) is 0 Å². The van der Waals surface area contributed by atoms with Crippen LogP contribution in [0.2, 0.25) is 0 Å². The topological polar surface area (TPSA) is 48.0 Å². The summed E-state index contributed by atoms with van der Waals surface area (Å²) in [7, 11) is 4.72. The molecule has 0 aliphatic carbocycles. The van der Waals surface area contributed by atoms with Crippen LogP contribution in [0.15, 0.2) is 12.3 Å². The first-order valence-electron chi connectivity index (χ1n) is 5.46. The van der Waals surface area contributed by atoms with Gasteiger partial charge in [-0.25, -0.2) is 0 Å². The summed E-state index contributed by atoms with van der Waals surface area (Å²) in [6.07, 6.45) is 4.32. The number of rotatable bonds is 4. The molecule has 0 radical (unpaired) electrons. The molecule has 0 atom stereocenters. The molecular weight excluding hydrogens is 234 g/mol. The number of fused-ring (bicyclic) bond motifs is 1. The molecule has 0 spiro atoms. The molecule has 0 N–H and O–H groups in total. The Morgan fingerprint density at radius 1 is 1.17 bits per heavy atom. The maximum atomic E-state index is 10.8. The van der Waals surface area contributed by atoms with E-state index in [2.05, 4.69) is 0 Å². The van der Waals surface area contributed by atoms with Crippen LogP contribution in [-0.4, -0.2) is 32.6 Å². The predicted octanol–water partition coefficient (Wildman–Crippen LogP) is 1.66. The van der Waals surface area contributed by atoms with Gasteiger partial charge in [0.05, 0.1) is 27.9 Å². The summed E-state index contributed by atoms with van der Waals surface area (Å²) in [6, 6.07) is 1.86. The second-order valence-corrected chi connectivity index (χ2v) is 3.81. The Kier molecular flexibility index (Phi) is 3.41. The molecular formula is C13H15NO4. The standard InChI is InChI=1S/C13H15NO4/c1-16-11-6-9-7-14(8-15)5-4-10(9)12(17-2)13(11)18-3/h4-6,8H,7H2,1-3H3. The Bertz CT molecular complexity index is 496. The van der Waals surface area contributed by atoms with Gasteiger partial charge in [0, 0.05) is 11.8 Å². The van der Waals surface area contributed by atoms with E-state index in [1.807, 2.05) is 12.1 Å². The number of methoxy groups -OCH3 is 3. The van der Waals surface area contributed by atoms with Gasteiger partial charge in [0.1, 0.15) is 0 Å². The van der Waals surface area contributed by atoms with Gasteiger partial charge in [0.2, 0.25) is 12.2 Å². The number of nitrogens with zero attached hydrogens (tertiary/aromatic N) is 1. The van der Waals surface area contributed by atoms with E-state index in [0.29, 0.717) is 23.8 Å². The van der Waals surface area contributed by atoms with Gasteiger partial charge in [0.25, 0.3) is 0 Å². The molecule has 96 valence electrons. The van der Waals surface area contributed by atoms with Crippen LogP contribution in [0, 0.1) is 0 Å². The highest BCUT2D eigenvalue weighted by Crippen LogP contribution is 2.43. The quantitative estimate of drug-likeness (QED) is 0.761. The number of amides is 1. The van der Waals surface area contributed by atoms with Crippen LogP contribution in [0.25, 0.3) is 6.08 Å². The van der Waals surface area contributed by atoms with Crippen LogP contribution in [0.5, 0.6) is 17.2 Å². The van der Waals surface area contributed by atoms with Crippen LogP contribution in [-0.2, 0) is 11.3 Å². The third-order valence-corrected chi connectivity index (χ3v) is 2.88. The van der Waals surface area contributed by atoms with Crippen LogP contribution >= 0.6 is 0 Å². The molecule has 0 saturated heterocycles. The average molecular weight is 249 g/mol. The number of hydrogen-bond donors (Lipinski definition) is 0. The summed E-state index contributed by atoms with van der Waals surface area (Å²) in [5.41, 5.74) is 1.87.